The van der Waals surface area contributed by atoms with E-state index in [1.807, 2.05) is 0 Å². The van der Waals surface area contributed by atoms with E-state index in [0.29, 0.717) is 11.3 Å². The van der Waals surface area contributed by atoms with Gasteiger partial charge >= 0.3 is 0 Å². The number of hydrogen-bond acceptors (Lipinski definition) is 4. The van der Waals surface area contributed by atoms with Crippen molar-refractivity contribution < 1.29 is 18.3 Å². The van der Waals surface area contributed by atoms with Crippen LogP contribution in [0.2, 0.25) is 0 Å². The largest absolute Gasteiger partial charge is 0.497 e. The molecule has 17 heavy (non-hydrogen) atoms. The fourth-order valence-electron chi connectivity index (χ4n) is 1.18. The van der Waals surface area contributed by atoms with E-state index in [0.717, 1.165) is 6.26 Å². The number of sulfone groups is 1. The zero-order chi connectivity index (χ0) is 13.3. The van der Waals surface area contributed by atoms with Gasteiger partial charge in [0.2, 0.25) is 2.57 Å². The van der Waals surface area contributed by atoms with Crippen molar-refractivity contribution in [2.45, 2.75) is 8.67 Å². The highest BCUT2D eigenvalue weighted by Gasteiger charge is 2.43. The van der Waals surface area contributed by atoms with Crippen LogP contribution in [0.4, 0.5) is 0 Å². The SMILES string of the molecule is COc1ccc([C@@H](O)C(Br)(Br)S(C)(=O)=O)cc1. The minimum Gasteiger partial charge on any atom is -0.497 e. The molecule has 4 nitrogen and oxygen atoms in total. The minimum atomic E-state index is -3.51. The summed E-state index contributed by atoms with van der Waals surface area (Å²) in [6.07, 6.45) is -0.202. The highest BCUT2D eigenvalue weighted by atomic mass is 79.9. The Bertz CT molecular complexity index is 482. The van der Waals surface area contributed by atoms with E-state index < -0.39 is 18.5 Å². The summed E-state index contributed by atoms with van der Waals surface area (Å²) in [4.78, 5) is 0. The van der Waals surface area contributed by atoms with Gasteiger partial charge in [0.15, 0.2) is 9.84 Å². The van der Waals surface area contributed by atoms with E-state index in [2.05, 4.69) is 31.9 Å². The van der Waals surface area contributed by atoms with Crippen LogP contribution in [0.5, 0.6) is 5.75 Å². The lowest BCUT2D eigenvalue weighted by atomic mass is 10.1. The Morgan fingerprint density at radius 1 is 1.29 bits per heavy atom. The van der Waals surface area contributed by atoms with E-state index in [1.165, 1.54) is 7.11 Å². The molecule has 1 aromatic carbocycles. The van der Waals surface area contributed by atoms with Crippen LogP contribution in [0.25, 0.3) is 0 Å². The van der Waals surface area contributed by atoms with E-state index in [-0.39, 0.29) is 0 Å². The summed E-state index contributed by atoms with van der Waals surface area (Å²) in [7, 11) is -1.98. The fraction of sp³-hybridized carbons (Fsp3) is 0.400. The molecular formula is C10H12Br2O4S. The summed E-state index contributed by atoms with van der Waals surface area (Å²) in [5, 5.41) is 10.0. The molecule has 0 amide bonds. The van der Waals surface area contributed by atoms with Crippen molar-refractivity contribution in [3.8, 4) is 5.75 Å². The summed E-state index contributed by atoms with van der Waals surface area (Å²) in [6, 6.07) is 6.51. The van der Waals surface area contributed by atoms with E-state index >= 15 is 0 Å². The maximum atomic E-state index is 11.5. The molecule has 1 atom stereocenters. The third-order valence-electron chi connectivity index (χ3n) is 2.24. The van der Waals surface area contributed by atoms with Gasteiger partial charge in [0.1, 0.15) is 11.9 Å². The summed E-state index contributed by atoms with van der Waals surface area (Å²) >= 11 is 5.98. The molecule has 0 bridgehead atoms. The summed E-state index contributed by atoms with van der Waals surface area (Å²) < 4.78 is 26.4. The Morgan fingerprint density at radius 2 is 1.76 bits per heavy atom. The van der Waals surface area contributed by atoms with E-state index in [9.17, 15) is 13.5 Å². The molecule has 0 aromatic heterocycles. The van der Waals surface area contributed by atoms with Gasteiger partial charge in [-0.25, -0.2) is 8.42 Å². The standard InChI is InChI=1S/C10H12Br2O4S/c1-16-8-5-3-7(4-6-8)9(13)10(11,12)17(2,14)15/h3-6,9,13H,1-2H3/t9-/m1/s1. The molecule has 0 saturated carbocycles. The lowest BCUT2D eigenvalue weighted by Gasteiger charge is -2.25. The van der Waals surface area contributed by atoms with Gasteiger partial charge in [0.25, 0.3) is 0 Å². The first-order chi connectivity index (χ1) is 7.70. The number of aliphatic hydroxyl groups is 1. The number of benzene rings is 1. The normalized spacial score (nSPS) is 14.4. The monoisotopic (exact) mass is 386 g/mol. The van der Waals surface area contributed by atoms with Crippen molar-refractivity contribution in [3.63, 3.8) is 0 Å². The molecular weight excluding hydrogens is 376 g/mol. The predicted octanol–water partition coefficient (Wildman–Crippen LogP) is 2.22. The van der Waals surface area contributed by atoms with Crippen LogP contribution in [-0.2, 0) is 9.84 Å². The molecule has 1 N–H and O–H groups in total. The van der Waals surface area contributed by atoms with Crippen LogP contribution in [0.1, 0.15) is 11.7 Å². The number of hydrogen-bond donors (Lipinski definition) is 1. The Hall–Kier alpha value is -0.110. The number of halogens is 2. The van der Waals surface area contributed by atoms with Crippen molar-refractivity contribution in [1.29, 1.82) is 0 Å². The van der Waals surface area contributed by atoms with Crippen molar-refractivity contribution in [1.82, 2.24) is 0 Å². The Morgan fingerprint density at radius 3 is 2.12 bits per heavy atom. The van der Waals surface area contributed by atoms with Crippen molar-refractivity contribution in [3.05, 3.63) is 29.8 Å². The van der Waals surface area contributed by atoms with Crippen molar-refractivity contribution >= 4 is 41.7 Å². The smallest absolute Gasteiger partial charge is 0.210 e. The Balaban J connectivity index is 3.08. The van der Waals surface area contributed by atoms with Gasteiger partial charge in [0, 0.05) is 6.26 Å². The quantitative estimate of drug-likeness (QED) is 0.804. The molecule has 0 fully saturated rings. The molecule has 96 valence electrons. The molecule has 7 heteroatoms. The van der Waals surface area contributed by atoms with E-state index in [4.69, 9.17) is 4.74 Å². The molecule has 0 unspecified atom stereocenters. The van der Waals surface area contributed by atoms with Gasteiger partial charge in [-0.3, -0.25) is 0 Å². The maximum absolute atomic E-state index is 11.5. The minimum absolute atomic E-state index is 0.463. The molecule has 1 aromatic rings. The van der Waals surface area contributed by atoms with Crippen molar-refractivity contribution in [2.24, 2.45) is 0 Å². The molecule has 0 aliphatic rings. The number of alkyl halides is 2. The van der Waals surface area contributed by atoms with Gasteiger partial charge in [0.05, 0.1) is 7.11 Å². The number of rotatable bonds is 4. The lowest BCUT2D eigenvalue weighted by molar-refractivity contribution is 0.189. The Labute approximate surface area is 117 Å². The fourth-order valence-corrected chi connectivity index (χ4v) is 2.25. The zero-order valence-electron chi connectivity index (χ0n) is 9.22. The predicted molar refractivity (Wildman–Crippen MR) is 73.4 cm³/mol. The second-order valence-corrected chi connectivity index (χ2v) is 10.3. The summed E-state index contributed by atoms with van der Waals surface area (Å²) in [5.41, 5.74) is 0.463. The molecule has 0 saturated heterocycles. The number of aliphatic hydroxyl groups excluding tert-OH is 1. The topological polar surface area (TPSA) is 63.6 Å². The maximum Gasteiger partial charge on any atom is 0.210 e. The number of methoxy groups -OCH3 is 1. The molecule has 0 aliphatic heterocycles. The average molecular weight is 388 g/mol. The van der Waals surface area contributed by atoms with Crippen LogP contribution in [0.15, 0.2) is 24.3 Å². The van der Waals surface area contributed by atoms with Gasteiger partial charge in [-0.1, -0.05) is 44.0 Å². The second-order valence-electron chi connectivity index (χ2n) is 3.51. The molecule has 1 rings (SSSR count). The highest BCUT2D eigenvalue weighted by molar-refractivity contribution is 9.27. The Kier molecular flexibility index (Phi) is 4.62. The first-order valence-corrected chi connectivity index (χ1v) is 8.07. The van der Waals surface area contributed by atoms with Crippen LogP contribution < -0.4 is 4.74 Å². The van der Waals surface area contributed by atoms with Crippen LogP contribution in [0, 0.1) is 0 Å². The first-order valence-electron chi connectivity index (χ1n) is 4.59. The van der Waals surface area contributed by atoms with Gasteiger partial charge in [-0.05, 0) is 17.7 Å². The average Bonchev–Trinajstić information content (AvgIpc) is 2.26. The molecule has 0 spiro atoms. The third-order valence-corrected chi connectivity index (χ3v) is 7.85. The lowest BCUT2D eigenvalue weighted by Crippen LogP contribution is -2.31. The van der Waals surface area contributed by atoms with Gasteiger partial charge in [-0.15, -0.1) is 0 Å². The summed E-state index contributed by atoms with van der Waals surface area (Å²) in [6.45, 7) is 0. The molecule has 0 heterocycles. The molecule has 0 aliphatic carbocycles. The highest BCUT2D eigenvalue weighted by Crippen LogP contribution is 2.43. The number of ether oxygens (including phenoxy) is 1. The van der Waals surface area contributed by atoms with Gasteiger partial charge in [-0.2, -0.15) is 0 Å². The molecule has 0 radical (unpaired) electrons. The second kappa shape index (κ2) is 5.26. The van der Waals surface area contributed by atoms with Crippen LogP contribution in [0.3, 0.4) is 0 Å². The van der Waals surface area contributed by atoms with E-state index in [1.54, 1.807) is 24.3 Å². The zero-order valence-corrected chi connectivity index (χ0v) is 13.2. The van der Waals surface area contributed by atoms with Gasteiger partial charge < -0.3 is 9.84 Å². The van der Waals surface area contributed by atoms with Crippen LogP contribution in [-0.4, -0.2) is 29.5 Å². The van der Waals surface area contributed by atoms with Crippen molar-refractivity contribution in [2.75, 3.05) is 13.4 Å². The third kappa shape index (κ3) is 3.21. The first kappa shape index (κ1) is 14.9. The summed E-state index contributed by atoms with van der Waals surface area (Å²) in [5.74, 6) is 0.634. The van der Waals surface area contributed by atoms with Crippen LogP contribution >= 0.6 is 31.9 Å².